The van der Waals surface area contributed by atoms with Gasteiger partial charge in [-0.2, -0.15) is 0 Å². The third-order valence-electron chi connectivity index (χ3n) is 17.9. The Bertz CT molecular complexity index is 5520. The summed E-state index contributed by atoms with van der Waals surface area (Å²) in [7, 11) is 0. The van der Waals surface area contributed by atoms with Gasteiger partial charge in [0, 0.05) is 84.9 Å². The lowest BCUT2D eigenvalue weighted by molar-refractivity contribution is 0.271. The number of pyridine rings is 7. The summed E-state index contributed by atoms with van der Waals surface area (Å²) in [6, 6.07) is 62.7. The monoisotopic (exact) mass is 1700 g/mol. The lowest BCUT2D eigenvalue weighted by Crippen LogP contribution is -2.05. The van der Waals surface area contributed by atoms with Gasteiger partial charge in [-0.15, -0.1) is 90.7 Å². The summed E-state index contributed by atoms with van der Waals surface area (Å²) in [5.74, 6) is 7.69. The molecule has 0 radical (unpaired) electrons. The van der Waals surface area contributed by atoms with E-state index in [2.05, 4.69) is 265 Å². The molecule has 0 bridgehead atoms. The van der Waals surface area contributed by atoms with Gasteiger partial charge in [0.25, 0.3) is 0 Å². The largest absolute Gasteiger partial charge is 0.493 e. The molecule has 0 unspecified atom stereocenters. The van der Waals surface area contributed by atoms with Crippen LogP contribution in [0.5, 0.6) is 40.2 Å². The zero-order valence-electron chi connectivity index (χ0n) is 68.2. The first-order valence-corrected chi connectivity index (χ1v) is 46.5. The van der Waals surface area contributed by atoms with Crippen LogP contribution in [0.15, 0.2) is 193 Å². The van der Waals surface area contributed by atoms with Crippen molar-refractivity contribution in [2.24, 2.45) is 41.4 Å². The van der Waals surface area contributed by atoms with Gasteiger partial charge in [-0.25, -0.2) is 34.9 Å². The number of nitrogens with zero attached hydrogens (tertiary/aromatic N) is 7. The van der Waals surface area contributed by atoms with Crippen LogP contribution in [0, 0.1) is 41.4 Å². The Balaban J connectivity index is 0.713. The molecule has 0 aliphatic rings. The molecule has 0 aliphatic heterocycles. The predicted octanol–water partition coefficient (Wildman–Crippen LogP) is 28.5. The number of thiophene rings is 8. The molecule has 117 heavy (non-hydrogen) atoms. The Morgan fingerprint density at radius 2 is 0.316 bits per heavy atom. The normalized spacial score (nSPS) is 11.8. The number of ether oxygens (including phenoxy) is 7. The maximum absolute atomic E-state index is 6.59. The van der Waals surface area contributed by atoms with Crippen molar-refractivity contribution in [1.82, 2.24) is 34.9 Å². The summed E-state index contributed by atoms with van der Waals surface area (Å²) in [5, 5.41) is 4.16. The summed E-state index contributed by atoms with van der Waals surface area (Å²) in [4.78, 5) is 51.4. The molecule has 0 aromatic carbocycles. The van der Waals surface area contributed by atoms with Gasteiger partial charge in [0.05, 0.1) is 194 Å². The molecule has 15 rings (SSSR count). The van der Waals surface area contributed by atoms with Crippen LogP contribution in [0.1, 0.15) is 96.9 Å². The van der Waals surface area contributed by atoms with Crippen molar-refractivity contribution in [2.45, 2.75) is 96.9 Å². The Hall–Kier alpha value is -9.75. The third kappa shape index (κ3) is 21.2. The van der Waals surface area contributed by atoms with Crippen molar-refractivity contribution in [2.75, 3.05) is 46.2 Å². The molecule has 22 heteroatoms. The topological polar surface area (TPSA) is 155 Å². The second-order valence-electron chi connectivity index (χ2n) is 31.9. The number of aromatic nitrogens is 7. The maximum Gasteiger partial charge on any atom is 0.123 e. The molecule has 15 aromatic heterocycles. The molecule has 0 aliphatic carbocycles. The van der Waals surface area contributed by atoms with E-state index < -0.39 is 0 Å². The highest BCUT2D eigenvalue weighted by atomic mass is 32.1. The Morgan fingerprint density at radius 3 is 0.427 bits per heavy atom. The molecule has 0 fully saturated rings. The average molecular weight is 1700 g/mol. The smallest absolute Gasteiger partial charge is 0.123 e. The molecule has 600 valence electrons. The molecule has 0 N–H and O–H groups in total. The van der Waals surface area contributed by atoms with E-state index in [1.165, 1.54) is 0 Å². The third-order valence-corrected chi connectivity index (χ3v) is 26.5. The van der Waals surface area contributed by atoms with Crippen molar-refractivity contribution in [3.05, 3.63) is 193 Å². The predicted molar refractivity (Wildman–Crippen MR) is 492 cm³/mol. The summed E-state index contributed by atoms with van der Waals surface area (Å²) >= 11 is 13.2. The summed E-state index contributed by atoms with van der Waals surface area (Å²) in [5.41, 5.74) is 11.6. The first kappa shape index (κ1) is 82.4. The van der Waals surface area contributed by atoms with Gasteiger partial charge in [0.15, 0.2) is 0 Å². The van der Waals surface area contributed by atoms with Crippen molar-refractivity contribution < 1.29 is 33.2 Å². The highest BCUT2D eigenvalue weighted by Gasteiger charge is 2.24. The molecule has 14 nitrogen and oxygen atoms in total. The van der Waals surface area contributed by atoms with E-state index in [4.69, 9.17) is 68.0 Å². The number of hydrogen-bond acceptors (Lipinski definition) is 22. The fourth-order valence-electron chi connectivity index (χ4n) is 12.3. The van der Waals surface area contributed by atoms with Crippen LogP contribution in [0.25, 0.3) is 148 Å². The summed E-state index contributed by atoms with van der Waals surface area (Å²) in [6.07, 6.45) is 0. The molecular formula is C95H95N7O7S8. The lowest BCUT2D eigenvalue weighted by Gasteiger charge is -2.12. The van der Waals surface area contributed by atoms with Crippen LogP contribution in [0.2, 0.25) is 0 Å². The van der Waals surface area contributed by atoms with Crippen LogP contribution in [-0.2, 0) is 0 Å². The van der Waals surface area contributed by atoms with E-state index in [1.54, 1.807) is 90.7 Å². The zero-order valence-corrected chi connectivity index (χ0v) is 74.8. The second kappa shape index (κ2) is 37.5. The van der Waals surface area contributed by atoms with Crippen LogP contribution >= 0.6 is 90.7 Å². The van der Waals surface area contributed by atoms with E-state index in [0.29, 0.717) is 87.7 Å². The maximum atomic E-state index is 6.59. The Morgan fingerprint density at radius 1 is 0.188 bits per heavy atom. The van der Waals surface area contributed by atoms with Crippen molar-refractivity contribution in [3.63, 3.8) is 0 Å². The zero-order chi connectivity index (χ0) is 81.4. The number of hydrogen-bond donors (Lipinski definition) is 0. The van der Waals surface area contributed by atoms with Gasteiger partial charge in [0.2, 0.25) is 0 Å². The van der Waals surface area contributed by atoms with E-state index in [-0.39, 0.29) is 0 Å². The van der Waals surface area contributed by atoms with Crippen LogP contribution in [0.3, 0.4) is 0 Å². The quantitative estimate of drug-likeness (QED) is 0.0370. The lowest BCUT2D eigenvalue weighted by atomic mass is 10.2. The van der Waals surface area contributed by atoms with E-state index >= 15 is 0 Å². The average Bonchev–Trinajstić information content (AvgIpc) is 1.68. The fourth-order valence-corrected chi connectivity index (χ4v) is 19.2. The molecular weight excluding hydrogens is 1610 g/mol. The Labute approximate surface area is 718 Å². The highest BCUT2D eigenvalue weighted by molar-refractivity contribution is 7.21. The van der Waals surface area contributed by atoms with Crippen molar-refractivity contribution in [3.8, 4) is 188 Å². The van der Waals surface area contributed by atoms with Crippen LogP contribution in [-0.4, -0.2) is 81.1 Å². The van der Waals surface area contributed by atoms with Gasteiger partial charge in [-0.3, -0.25) is 0 Å². The van der Waals surface area contributed by atoms with Gasteiger partial charge >= 0.3 is 0 Å². The standard InChI is InChI=1S/C95H95N7O7S8/c1-54(2)47-103-61-33-68(82-17-15-31-110-82)96-70(35-61)84-19-21-86(112-84)72-37-63(105-49-56(5)6)39-74(98-72)88-23-25-90(114-88)76-41-65(107-51-58(9)10)43-78(100-76)92-27-29-94(116-92)80-45-67(109-53-60(13)14)46-81(102-80)95-30-28-93(117-95)79-44-66(108-52-59(11)12)42-77(101-79)91-26-24-89(115-91)75-40-64(106-50-57(7)8)38-73(99-75)87-22-20-85(113-87)71-36-62(104-48-55(3)4)34-69(97-71)83-18-16-32-111-83/h15-46,54-60H,47-53H2,1-14H3. The minimum Gasteiger partial charge on any atom is -0.493 e. The molecule has 0 saturated carbocycles. The highest BCUT2D eigenvalue weighted by Crippen LogP contribution is 2.47. The molecule has 0 saturated heterocycles. The van der Waals surface area contributed by atoms with Crippen LogP contribution < -0.4 is 33.2 Å². The van der Waals surface area contributed by atoms with Gasteiger partial charge in [0.1, 0.15) is 40.2 Å². The van der Waals surface area contributed by atoms with Gasteiger partial charge < -0.3 is 33.2 Å². The van der Waals surface area contributed by atoms with E-state index in [1.807, 2.05) is 24.3 Å². The second-order valence-corrected chi connectivity index (χ2v) is 40.3. The van der Waals surface area contributed by atoms with Crippen molar-refractivity contribution in [1.29, 1.82) is 0 Å². The SMILES string of the molecule is CC(C)COc1cc(-c2cccs2)nc(-c2ccc(-c3cc(OCC(C)C)cc(-c4ccc(-c5cc(OCC(C)C)cc(-c6ccc(-c7cc(OCC(C)C)cc(-c8ccc(-c9cc(OCC(C)C)cc(-c%10ccc(-c%11cc(OCC(C)C)cc(-c%12ccc(-c%13cc(OCC(C)C)cc(-c%14cccs%14)n%13)s%12)n%11)s%10)n9)s8)n7)s6)n5)s4)n3)s2)c1. The minimum atomic E-state index is 0.300. The molecule has 0 spiro atoms. The summed E-state index contributed by atoms with van der Waals surface area (Å²) in [6.45, 7) is 34.3. The van der Waals surface area contributed by atoms with E-state index in [9.17, 15) is 0 Å². The van der Waals surface area contributed by atoms with Crippen LogP contribution in [0.4, 0.5) is 0 Å². The first-order chi connectivity index (χ1) is 56.5. The molecule has 15 aromatic rings. The molecule has 0 amide bonds. The summed E-state index contributed by atoms with van der Waals surface area (Å²) < 4.78 is 45.4. The molecule has 15 heterocycles. The Kier molecular flexibility index (Phi) is 26.4. The number of rotatable bonds is 35. The minimum absolute atomic E-state index is 0.300. The van der Waals surface area contributed by atoms with Crippen molar-refractivity contribution >= 4 is 90.7 Å². The molecule has 0 atom stereocenters. The van der Waals surface area contributed by atoms with E-state index in [0.717, 1.165) is 188 Å². The first-order valence-electron chi connectivity index (χ1n) is 39.8. The van der Waals surface area contributed by atoms with Gasteiger partial charge in [-0.05, 0) is 137 Å². The fraction of sp³-hybridized carbons (Fsp3) is 0.295. The van der Waals surface area contributed by atoms with Gasteiger partial charge in [-0.1, -0.05) is 109 Å².